The number of hydrogen-bond donors (Lipinski definition) is 3. The van der Waals surface area contributed by atoms with Gasteiger partial charge in [-0.25, -0.2) is 10.2 Å². The van der Waals surface area contributed by atoms with Crippen molar-refractivity contribution in [2.75, 3.05) is 11.9 Å². The monoisotopic (exact) mass is 590 g/mol. The summed E-state index contributed by atoms with van der Waals surface area (Å²) < 4.78 is 48.0. The van der Waals surface area contributed by atoms with E-state index < -0.39 is 41.1 Å². The quantitative estimate of drug-likeness (QED) is 0.293. The zero-order chi connectivity index (χ0) is 28.7. The van der Waals surface area contributed by atoms with Crippen LogP contribution in [0.1, 0.15) is 47.6 Å². The van der Waals surface area contributed by atoms with Crippen molar-refractivity contribution in [3.63, 3.8) is 0 Å². The van der Waals surface area contributed by atoms with E-state index in [1.165, 1.54) is 18.2 Å². The number of aliphatic imine (C=N–C) groups is 1. The fourth-order valence-corrected chi connectivity index (χ4v) is 5.96. The van der Waals surface area contributed by atoms with Crippen molar-refractivity contribution in [2.45, 2.75) is 36.9 Å². The number of anilines is 1. The maximum absolute atomic E-state index is 14.4. The predicted molar refractivity (Wildman–Crippen MR) is 145 cm³/mol. The Kier molecular flexibility index (Phi) is 7.41. The minimum atomic E-state index is -4.73. The Morgan fingerprint density at radius 3 is 2.58 bits per heavy atom. The van der Waals surface area contributed by atoms with Crippen LogP contribution in [0.2, 0.25) is 10.0 Å². The molecule has 0 unspecified atom stereocenters. The van der Waals surface area contributed by atoms with Crippen LogP contribution in [0, 0.1) is 0 Å². The summed E-state index contributed by atoms with van der Waals surface area (Å²) in [7, 11) is 0. The van der Waals surface area contributed by atoms with Crippen LogP contribution in [0.25, 0.3) is 0 Å². The molecule has 2 amide bonds. The van der Waals surface area contributed by atoms with Gasteiger partial charge in [0.15, 0.2) is 0 Å². The molecule has 0 bridgehead atoms. The van der Waals surface area contributed by atoms with Crippen LogP contribution in [-0.4, -0.2) is 24.4 Å². The summed E-state index contributed by atoms with van der Waals surface area (Å²) in [5, 5.41) is 3.57. The highest BCUT2D eigenvalue weighted by atomic mass is 35.5. The summed E-state index contributed by atoms with van der Waals surface area (Å²) in [6.07, 6.45) is -5.48. The fraction of sp³-hybridized carbons (Fsp3) is 0.250. The number of amides is 2. The fourth-order valence-electron chi connectivity index (χ4n) is 5.59. The molecule has 0 aromatic heterocycles. The lowest BCUT2D eigenvalue weighted by molar-refractivity contribution is -0.139. The van der Waals surface area contributed by atoms with Gasteiger partial charge < -0.3 is 10.1 Å². The second-order valence-electron chi connectivity index (χ2n) is 9.36. The number of rotatable bonds is 3. The highest BCUT2D eigenvalue weighted by Gasteiger charge is 2.61. The highest BCUT2D eigenvalue weighted by Crippen LogP contribution is 2.60. The topological polar surface area (TPSA) is 91.8 Å². The van der Waals surface area contributed by atoms with E-state index in [1.807, 2.05) is 0 Å². The van der Waals surface area contributed by atoms with Gasteiger partial charge in [0.05, 0.1) is 18.2 Å². The van der Waals surface area contributed by atoms with Crippen molar-refractivity contribution in [1.82, 2.24) is 10.9 Å². The van der Waals surface area contributed by atoms with Gasteiger partial charge in [-0.1, -0.05) is 59.6 Å². The third-order valence-electron chi connectivity index (χ3n) is 7.11. The van der Waals surface area contributed by atoms with Gasteiger partial charge in [-0.3, -0.25) is 15.2 Å². The van der Waals surface area contributed by atoms with Crippen molar-refractivity contribution in [1.29, 1.82) is 0 Å². The zero-order valence-electron chi connectivity index (χ0n) is 21.0. The number of alkyl halides is 3. The smallest absolute Gasteiger partial charge is 0.425 e. The lowest BCUT2D eigenvalue weighted by Crippen LogP contribution is -2.52. The van der Waals surface area contributed by atoms with E-state index in [0.717, 1.165) is 6.07 Å². The van der Waals surface area contributed by atoms with Crippen LogP contribution in [0.15, 0.2) is 71.7 Å². The molecule has 2 aliphatic rings. The van der Waals surface area contributed by atoms with Crippen LogP contribution in [0.4, 0.5) is 23.7 Å². The number of carbonyl (C=O) groups is 2. The van der Waals surface area contributed by atoms with E-state index in [4.69, 9.17) is 27.9 Å². The normalized spacial score (nSPS) is 21.9. The number of nitrogens with one attached hydrogen (secondary N) is 3. The second kappa shape index (κ2) is 10.7. The number of hydrogen-bond acceptors (Lipinski definition) is 5. The molecular weight excluding hydrogens is 568 g/mol. The summed E-state index contributed by atoms with van der Waals surface area (Å²) >= 11 is 12.6. The Morgan fingerprint density at radius 1 is 1.10 bits per heavy atom. The summed E-state index contributed by atoms with van der Waals surface area (Å²) in [5.41, 5.74) is 3.74. The molecular formula is C28H23Cl2F3N4O3. The van der Waals surface area contributed by atoms with E-state index in [0.29, 0.717) is 26.9 Å². The first kappa shape index (κ1) is 27.8. The van der Waals surface area contributed by atoms with E-state index in [2.05, 4.69) is 21.2 Å². The third-order valence-corrected chi connectivity index (χ3v) is 7.58. The van der Waals surface area contributed by atoms with Crippen LogP contribution in [-0.2, 0) is 21.1 Å². The van der Waals surface area contributed by atoms with E-state index in [-0.39, 0.29) is 24.4 Å². The number of amidine groups is 1. The number of ether oxygens (including phenoxy) is 1. The van der Waals surface area contributed by atoms with Gasteiger partial charge in [-0.15, -0.1) is 0 Å². The Bertz CT molecular complexity index is 1510. The van der Waals surface area contributed by atoms with Crippen LogP contribution in [0.3, 0.4) is 0 Å². The zero-order valence-corrected chi connectivity index (χ0v) is 22.5. The molecule has 0 fully saturated rings. The van der Waals surface area contributed by atoms with Gasteiger partial charge in [0.25, 0.3) is 0 Å². The molecule has 2 heterocycles. The molecule has 7 nitrogen and oxygen atoms in total. The maximum atomic E-state index is 14.4. The van der Waals surface area contributed by atoms with Gasteiger partial charge >= 0.3 is 12.3 Å². The molecule has 0 radical (unpaired) electrons. The minimum Gasteiger partial charge on any atom is -0.449 e. The summed E-state index contributed by atoms with van der Waals surface area (Å²) in [6, 6.07) is 15.2. The predicted octanol–water partition coefficient (Wildman–Crippen LogP) is 6.78. The van der Waals surface area contributed by atoms with Crippen molar-refractivity contribution in [2.24, 2.45) is 4.99 Å². The van der Waals surface area contributed by atoms with E-state index in [9.17, 15) is 22.8 Å². The maximum Gasteiger partial charge on any atom is 0.425 e. The Labute approximate surface area is 237 Å². The average Bonchev–Trinajstić information content (AvgIpc) is 3.18. The molecule has 12 heteroatoms. The van der Waals surface area contributed by atoms with Gasteiger partial charge in [0, 0.05) is 28.1 Å². The highest BCUT2D eigenvalue weighted by molar-refractivity contribution is 6.31. The SMILES string of the molecule is CCOC(=O)NNC1=N[C@H](c2ccccc2C(F)(F)F)[C@@]2(C(=O)Nc3cc(Cl)ccc32)[C@H](c2cccc(Cl)c2)C1. The molecule has 208 valence electrons. The van der Waals surface area contributed by atoms with Crippen LogP contribution >= 0.6 is 23.2 Å². The van der Waals surface area contributed by atoms with Gasteiger partial charge in [-0.05, 0) is 53.9 Å². The Hall–Kier alpha value is -3.76. The lowest BCUT2D eigenvalue weighted by Gasteiger charge is -2.45. The second-order valence-corrected chi connectivity index (χ2v) is 10.2. The molecule has 3 atom stereocenters. The van der Waals surface area contributed by atoms with E-state index >= 15 is 0 Å². The lowest BCUT2D eigenvalue weighted by atomic mass is 9.59. The average molecular weight is 591 g/mol. The summed E-state index contributed by atoms with van der Waals surface area (Å²) in [5.74, 6) is -1.14. The summed E-state index contributed by atoms with van der Waals surface area (Å²) in [6.45, 7) is 1.73. The third kappa shape index (κ3) is 4.86. The Morgan fingerprint density at radius 2 is 1.85 bits per heavy atom. The first-order valence-electron chi connectivity index (χ1n) is 12.3. The van der Waals surface area contributed by atoms with Crippen molar-refractivity contribution in [3.8, 4) is 0 Å². The Balaban J connectivity index is 1.79. The molecule has 2 aliphatic heterocycles. The van der Waals surface area contributed by atoms with Crippen molar-refractivity contribution < 1.29 is 27.5 Å². The number of benzene rings is 3. The van der Waals surface area contributed by atoms with Crippen LogP contribution < -0.4 is 16.2 Å². The number of fused-ring (bicyclic) bond motifs is 2. The molecule has 3 aromatic rings. The number of nitrogens with zero attached hydrogens (tertiary/aromatic N) is 1. The van der Waals surface area contributed by atoms with Gasteiger partial charge in [0.1, 0.15) is 11.3 Å². The number of carbonyl (C=O) groups excluding carboxylic acids is 2. The molecule has 40 heavy (non-hydrogen) atoms. The molecule has 0 saturated heterocycles. The van der Waals surface area contributed by atoms with E-state index in [1.54, 1.807) is 49.4 Å². The van der Waals surface area contributed by atoms with Crippen molar-refractivity contribution in [3.05, 3.63) is 99.0 Å². The largest absolute Gasteiger partial charge is 0.449 e. The first-order valence-corrected chi connectivity index (χ1v) is 13.1. The molecule has 0 aliphatic carbocycles. The number of halogens is 5. The summed E-state index contributed by atoms with van der Waals surface area (Å²) in [4.78, 5) is 30.8. The molecule has 3 N–H and O–H groups in total. The molecule has 1 spiro atoms. The van der Waals surface area contributed by atoms with Crippen LogP contribution in [0.5, 0.6) is 0 Å². The van der Waals surface area contributed by atoms with Crippen molar-refractivity contribution >= 4 is 46.7 Å². The first-order chi connectivity index (χ1) is 19.0. The van der Waals surface area contributed by atoms with Gasteiger partial charge in [0.2, 0.25) is 5.91 Å². The minimum absolute atomic E-state index is 0.0485. The van der Waals surface area contributed by atoms with Gasteiger partial charge in [-0.2, -0.15) is 13.2 Å². The molecule has 0 saturated carbocycles. The molecule has 5 rings (SSSR count). The standard InChI is InChI=1S/C28H23Cl2F3N4O3/c1-2-40-26(39)37-36-23-14-21(15-6-5-7-16(29)12-15)27(20-11-10-17(30)13-22(20)34-25(27)38)24(35-23)18-8-3-4-9-19(18)28(31,32)33/h3-13,21,24H,2,14H2,1H3,(H,34,38)(H,35,36)(H,37,39)/t21-,24+,27-/m0/s1. The number of hydrazine groups is 1. The molecule has 3 aromatic carbocycles.